The summed E-state index contributed by atoms with van der Waals surface area (Å²) < 4.78 is 10.1. The Morgan fingerprint density at radius 2 is 1.50 bits per heavy atom. The molecule has 0 aliphatic carbocycles. The van der Waals surface area contributed by atoms with Crippen molar-refractivity contribution in [2.45, 2.75) is 26.4 Å². The zero-order valence-electron chi connectivity index (χ0n) is 15.1. The van der Waals surface area contributed by atoms with Crippen molar-refractivity contribution in [1.82, 2.24) is 0 Å². The fraction of sp³-hybridized carbons (Fsp3) is 0.238. The van der Waals surface area contributed by atoms with Gasteiger partial charge in [0.05, 0.1) is 0 Å². The molecule has 5 nitrogen and oxygen atoms in total. The van der Waals surface area contributed by atoms with Crippen LogP contribution in [0, 0.1) is 0 Å². The van der Waals surface area contributed by atoms with E-state index in [2.05, 4.69) is 0 Å². The molecule has 0 spiro atoms. The summed E-state index contributed by atoms with van der Waals surface area (Å²) >= 11 is 0. The normalized spacial score (nSPS) is 11.4. The number of ketones is 1. The van der Waals surface area contributed by atoms with Gasteiger partial charge in [0.1, 0.15) is 11.4 Å². The minimum absolute atomic E-state index is 0.122. The first-order valence-electron chi connectivity index (χ1n) is 8.18. The highest BCUT2D eigenvalue weighted by Crippen LogP contribution is 2.16. The Kier molecular flexibility index (Phi) is 6.31. The van der Waals surface area contributed by atoms with E-state index in [4.69, 9.17) is 14.6 Å². The summed E-state index contributed by atoms with van der Waals surface area (Å²) in [6.07, 6.45) is 3.01. The first kappa shape index (κ1) is 19.4. The molecule has 2 aromatic rings. The van der Waals surface area contributed by atoms with E-state index in [0.29, 0.717) is 16.9 Å². The Morgan fingerprint density at radius 3 is 2.00 bits per heavy atom. The van der Waals surface area contributed by atoms with E-state index in [1.165, 1.54) is 6.08 Å². The standard InChI is InChI=1S/C21H22O5/c1-21(2,3)26-19(23)13-6-15-4-7-16(8-5-15)20(24)17-9-11-18(12-10-17)25-14-22/h4-13,22H,14H2,1-3H3/b13-6+. The van der Waals surface area contributed by atoms with Crippen molar-refractivity contribution in [2.75, 3.05) is 6.79 Å². The molecule has 2 aromatic carbocycles. The predicted molar refractivity (Wildman–Crippen MR) is 98.9 cm³/mol. The van der Waals surface area contributed by atoms with Crippen LogP contribution in [-0.4, -0.2) is 29.3 Å². The summed E-state index contributed by atoms with van der Waals surface area (Å²) in [5.41, 5.74) is 1.32. The number of aliphatic hydroxyl groups is 1. The maximum Gasteiger partial charge on any atom is 0.331 e. The van der Waals surface area contributed by atoms with Gasteiger partial charge in [0.15, 0.2) is 12.6 Å². The highest BCUT2D eigenvalue weighted by atomic mass is 16.6. The number of carbonyl (C=O) groups excluding carboxylic acids is 2. The summed E-state index contributed by atoms with van der Waals surface area (Å²) in [6, 6.07) is 13.5. The third kappa shape index (κ3) is 5.86. The first-order valence-corrected chi connectivity index (χ1v) is 8.18. The van der Waals surface area contributed by atoms with E-state index in [0.717, 1.165) is 5.56 Å². The maximum absolute atomic E-state index is 12.5. The highest BCUT2D eigenvalue weighted by Gasteiger charge is 2.14. The Balaban J connectivity index is 2.04. The average molecular weight is 354 g/mol. The van der Waals surface area contributed by atoms with Crippen LogP contribution in [-0.2, 0) is 9.53 Å². The quantitative estimate of drug-likeness (QED) is 0.371. The molecule has 0 saturated carbocycles. The zero-order valence-corrected chi connectivity index (χ0v) is 15.1. The second-order valence-corrected chi connectivity index (χ2v) is 6.62. The molecule has 0 aromatic heterocycles. The fourth-order valence-corrected chi connectivity index (χ4v) is 2.19. The van der Waals surface area contributed by atoms with Gasteiger partial charge >= 0.3 is 5.97 Å². The van der Waals surface area contributed by atoms with Gasteiger partial charge in [-0.1, -0.05) is 24.3 Å². The summed E-state index contributed by atoms with van der Waals surface area (Å²) in [5, 5.41) is 8.71. The first-order chi connectivity index (χ1) is 12.3. The van der Waals surface area contributed by atoms with Crippen molar-refractivity contribution in [3.05, 3.63) is 71.3 Å². The van der Waals surface area contributed by atoms with Crippen molar-refractivity contribution < 1.29 is 24.2 Å². The number of benzene rings is 2. The number of esters is 1. The molecule has 0 aliphatic rings. The smallest absolute Gasteiger partial charge is 0.331 e. The van der Waals surface area contributed by atoms with Crippen LogP contribution < -0.4 is 4.74 Å². The second kappa shape index (κ2) is 8.45. The van der Waals surface area contributed by atoms with Crippen LogP contribution in [0.15, 0.2) is 54.6 Å². The Hall–Kier alpha value is -2.92. The molecule has 2 rings (SSSR count). The van der Waals surface area contributed by atoms with Gasteiger partial charge in [0.25, 0.3) is 0 Å². The molecule has 136 valence electrons. The third-order valence-electron chi connectivity index (χ3n) is 3.34. The average Bonchev–Trinajstić information content (AvgIpc) is 2.59. The Morgan fingerprint density at radius 1 is 0.962 bits per heavy atom. The lowest BCUT2D eigenvalue weighted by atomic mass is 10.0. The third-order valence-corrected chi connectivity index (χ3v) is 3.34. The Bertz CT molecular complexity index is 781. The molecule has 0 bridgehead atoms. The molecule has 26 heavy (non-hydrogen) atoms. The predicted octanol–water partition coefficient (Wildman–Crippen LogP) is 3.60. The van der Waals surface area contributed by atoms with E-state index in [-0.39, 0.29) is 5.78 Å². The van der Waals surface area contributed by atoms with Crippen LogP contribution in [0.25, 0.3) is 6.08 Å². The summed E-state index contributed by atoms with van der Waals surface area (Å²) in [7, 11) is 0. The van der Waals surface area contributed by atoms with Crippen LogP contribution in [0.3, 0.4) is 0 Å². The zero-order chi connectivity index (χ0) is 19.2. The molecule has 0 unspecified atom stereocenters. The fourth-order valence-electron chi connectivity index (χ4n) is 2.19. The number of hydrogen-bond donors (Lipinski definition) is 1. The molecular formula is C21H22O5. The largest absolute Gasteiger partial charge is 0.468 e. The van der Waals surface area contributed by atoms with E-state index in [9.17, 15) is 9.59 Å². The lowest BCUT2D eigenvalue weighted by Crippen LogP contribution is -2.22. The van der Waals surface area contributed by atoms with Gasteiger partial charge in [0.2, 0.25) is 0 Å². The molecule has 5 heteroatoms. The number of ether oxygens (including phenoxy) is 2. The topological polar surface area (TPSA) is 72.8 Å². The molecule has 0 atom stereocenters. The Labute approximate surface area is 152 Å². The maximum atomic E-state index is 12.5. The molecule has 0 saturated heterocycles. The lowest BCUT2D eigenvalue weighted by Gasteiger charge is -2.17. The highest BCUT2D eigenvalue weighted by molar-refractivity contribution is 6.09. The number of carbonyl (C=O) groups is 2. The van der Waals surface area contributed by atoms with Crippen molar-refractivity contribution >= 4 is 17.8 Å². The van der Waals surface area contributed by atoms with Crippen LogP contribution in [0.1, 0.15) is 42.3 Å². The van der Waals surface area contributed by atoms with Crippen LogP contribution in [0.5, 0.6) is 5.75 Å². The summed E-state index contributed by atoms with van der Waals surface area (Å²) in [6.45, 7) is 5.01. The lowest BCUT2D eigenvalue weighted by molar-refractivity contribution is -0.148. The van der Waals surface area contributed by atoms with E-state index < -0.39 is 18.4 Å². The number of rotatable bonds is 6. The van der Waals surface area contributed by atoms with Gasteiger partial charge in [-0.15, -0.1) is 0 Å². The summed E-state index contributed by atoms with van der Waals surface area (Å²) in [4.78, 5) is 24.1. The van der Waals surface area contributed by atoms with Gasteiger partial charge in [-0.05, 0) is 56.7 Å². The van der Waals surface area contributed by atoms with Crippen molar-refractivity contribution in [1.29, 1.82) is 0 Å². The molecule has 0 amide bonds. The molecular weight excluding hydrogens is 332 g/mol. The molecule has 0 fully saturated rings. The number of aliphatic hydroxyl groups excluding tert-OH is 1. The van der Waals surface area contributed by atoms with Gasteiger partial charge in [-0.2, -0.15) is 0 Å². The summed E-state index contributed by atoms with van der Waals surface area (Å²) in [5.74, 6) is -0.0438. The minimum atomic E-state index is -0.532. The van der Waals surface area contributed by atoms with Crippen molar-refractivity contribution in [2.24, 2.45) is 0 Å². The van der Waals surface area contributed by atoms with E-state index in [1.807, 2.05) is 20.8 Å². The van der Waals surface area contributed by atoms with Gasteiger partial charge in [-0.25, -0.2) is 4.79 Å². The van der Waals surface area contributed by atoms with Crippen LogP contribution >= 0.6 is 0 Å². The van der Waals surface area contributed by atoms with Gasteiger partial charge < -0.3 is 14.6 Å². The monoisotopic (exact) mass is 354 g/mol. The molecule has 0 heterocycles. The second-order valence-electron chi connectivity index (χ2n) is 6.62. The van der Waals surface area contributed by atoms with Gasteiger partial charge in [-0.3, -0.25) is 4.79 Å². The number of hydrogen-bond acceptors (Lipinski definition) is 5. The minimum Gasteiger partial charge on any atom is -0.468 e. The molecule has 0 radical (unpaired) electrons. The van der Waals surface area contributed by atoms with E-state index in [1.54, 1.807) is 54.6 Å². The molecule has 0 aliphatic heterocycles. The van der Waals surface area contributed by atoms with Crippen LogP contribution in [0.4, 0.5) is 0 Å². The van der Waals surface area contributed by atoms with E-state index >= 15 is 0 Å². The molecule has 1 N–H and O–H groups in total. The van der Waals surface area contributed by atoms with Crippen molar-refractivity contribution in [3.8, 4) is 5.75 Å². The van der Waals surface area contributed by atoms with Crippen molar-refractivity contribution in [3.63, 3.8) is 0 Å². The van der Waals surface area contributed by atoms with Gasteiger partial charge in [0, 0.05) is 17.2 Å². The van der Waals surface area contributed by atoms with Crippen LogP contribution in [0.2, 0.25) is 0 Å². The SMILES string of the molecule is CC(C)(C)OC(=O)/C=C/c1ccc(C(=O)c2ccc(OCO)cc2)cc1.